The number of pyridine rings is 1. The average molecular weight is 395 g/mol. The maximum atomic E-state index is 4.87. The molecule has 0 aliphatic carbocycles. The van der Waals surface area contributed by atoms with Gasteiger partial charge >= 0.3 is 0 Å². The van der Waals surface area contributed by atoms with Crippen molar-refractivity contribution in [3.05, 3.63) is 42.0 Å². The predicted molar refractivity (Wildman–Crippen MR) is 119 cm³/mol. The third-order valence-corrected chi connectivity index (χ3v) is 6.08. The lowest BCUT2D eigenvalue weighted by molar-refractivity contribution is 0.205. The lowest BCUT2D eigenvalue weighted by atomic mass is 9.97. The van der Waals surface area contributed by atoms with Crippen LogP contribution in [0.4, 0.5) is 11.6 Å². The molecule has 156 valence electrons. The lowest BCUT2D eigenvalue weighted by Crippen LogP contribution is -2.50. The average Bonchev–Trinajstić information content (AvgIpc) is 2.75. The van der Waals surface area contributed by atoms with E-state index in [0.717, 1.165) is 62.4 Å². The normalized spacial score (nSPS) is 21.0. The minimum Gasteiger partial charge on any atom is -0.356 e. The van der Waals surface area contributed by atoms with Crippen molar-refractivity contribution in [1.29, 1.82) is 0 Å². The number of piperidine rings is 1. The van der Waals surface area contributed by atoms with E-state index in [4.69, 9.17) is 4.98 Å². The highest BCUT2D eigenvalue weighted by Gasteiger charge is 2.26. The molecule has 2 fully saturated rings. The molecule has 0 amide bonds. The molecule has 29 heavy (non-hydrogen) atoms. The van der Waals surface area contributed by atoms with Gasteiger partial charge in [0.2, 0.25) is 0 Å². The zero-order valence-electron chi connectivity index (χ0n) is 18.1. The Bertz CT molecular complexity index is 785. The molecular formula is C23H34N6. The van der Waals surface area contributed by atoms with Crippen LogP contribution in [0.25, 0.3) is 0 Å². The summed E-state index contributed by atoms with van der Waals surface area (Å²) in [4.78, 5) is 21.5. The fraction of sp³-hybridized carbons (Fsp3) is 0.609. The van der Waals surface area contributed by atoms with Crippen LogP contribution in [0.3, 0.4) is 0 Å². The van der Waals surface area contributed by atoms with Crippen LogP contribution in [0, 0.1) is 12.8 Å². The number of aromatic nitrogens is 3. The second-order valence-electron chi connectivity index (χ2n) is 8.81. The van der Waals surface area contributed by atoms with Gasteiger partial charge in [-0.3, -0.25) is 4.90 Å². The smallest absolute Gasteiger partial charge is 0.133 e. The first-order chi connectivity index (χ1) is 14.1. The molecular weight excluding hydrogens is 360 g/mol. The minimum atomic E-state index is 0.365. The summed E-state index contributed by atoms with van der Waals surface area (Å²) in [7, 11) is 0. The number of piperazine rings is 1. The van der Waals surface area contributed by atoms with Gasteiger partial charge in [-0.1, -0.05) is 19.9 Å². The van der Waals surface area contributed by atoms with Gasteiger partial charge in [0.1, 0.15) is 17.5 Å². The van der Waals surface area contributed by atoms with Crippen LogP contribution < -0.4 is 9.80 Å². The van der Waals surface area contributed by atoms with Crippen LogP contribution in [0.1, 0.15) is 44.1 Å². The molecule has 0 aromatic carbocycles. The molecule has 4 heterocycles. The van der Waals surface area contributed by atoms with Crippen molar-refractivity contribution in [1.82, 2.24) is 19.9 Å². The maximum absolute atomic E-state index is 4.87. The minimum absolute atomic E-state index is 0.365. The molecule has 1 unspecified atom stereocenters. The summed E-state index contributed by atoms with van der Waals surface area (Å²) in [5, 5.41) is 0. The molecule has 0 saturated carbocycles. The molecule has 6 heteroatoms. The SMILES string of the molecule is Cc1cc(N2CCCC(CN3CCN(c4ccccn4)CC3)C2)nc(C(C)C)n1. The molecule has 0 radical (unpaired) electrons. The summed E-state index contributed by atoms with van der Waals surface area (Å²) in [5.41, 5.74) is 1.08. The Balaban J connectivity index is 1.33. The lowest BCUT2D eigenvalue weighted by Gasteiger charge is -2.40. The number of aryl methyl sites for hydroxylation is 1. The Kier molecular flexibility index (Phi) is 6.28. The van der Waals surface area contributed by atoms with Gasteiger partial charge in [-0.05, 0) is 37.8 Å². The van der Waals surface area contributed by atoms with Crippen LogP contribution in [0.15, 0.2) is 30.5 Å². The predicted octanol–water partition coefficient (Wildman–Crippen LogP) is 3.34. The Morgan fingerprint density at radius 3 is 2.55 bits per heavy atom. The number of anilines is 2. The van der Waals surface area contributed by atoms with Crippen LogP contribution >= 0.6 is 0 Å². The molecule has 2 aliphatic rings. The second kappa shape index (κ2) is 9.08. The maximum Gasteiger partial charge on any atom is 0.133 e. The number of rotatable bonds is 5. The van der Waals surface area contributed by atoms with E-state index in [1.165, 1.54) is 19.4 Å². The Morgan fingerprint density at radius 1 is 1.00 bits per heavy atom. The van der Waals surface area contributed by atoms with Crippen LogP contribution in [-0.2, 0) is 0 Å². The second-order valence-corrected chi connectivity index (χ2v) is 8.81. The molecule has 6 nitrogen and oxygen atoms in total. The van der Waals surface area contributed by atoms with Gasteiger partial charge in [-0.15, -0.1) is 0 Å². The molecule has 2 aromatic heterocycles. The summed E-state index contributed by atoms with van der Waals surface area (Å²) in [6.07, 6.45) is 4.45. The Labute approximate surface area is 175 Å². The number of nitrogens with zero attached hydrogens (tertiary/aromatic N) is 6. The van der Waals surface area contributed by atoms with Gasteiger partial charge in [-0.25, -0.2) is 15.0 Å². The first-order valence-corrected chi connectivity index (χ1v) is 11.1. The fourth-order valence-electron chi connectivity index (χ4n) is 4.48. The topological polar surface area (TPSA) is 48.4 Å². The number of hydrogen-bond acceptors (Lipinski definition) is 6. The largest absolute Gasteiger partial charge is 0.356 e. The van der Waals surface area contributed by atoms with E-state index in [1.807, 2.05) is 12.3 Å². The van der Waals surface area contributed by atoms with E-state index in [0.29, 0.717) is 11.8 Å². The van der Waals surface area contributed by atoms with E-state index in [-0.39, 0.29) is 0 Å². The van der Waals surface area contributed by atoms with Gasteiger partial charge in [0, 0.05) is 69.7 Å². The van der Waals surface area contributed by atoms with Gasteiger partial charge in [0.05, 0.1) is 0 Å². The molecule has 0 N–H and O–H groups in total. The van der Waals surface area contributed by atoms with Gasteiger partial charge in [-0.2, -0.15) is 0 Å². The third kappa shape index (κ3) is 5.04. The third-order valence-electron chi connectivity index (χ3n) is 6.08. The van der Waals surface area contributed by atoms with Crippen molar-refractivity contribution in [3.63, 3.8) is 0 Å². The van der Waals surface area contributed by atoms with E-state index < -0.39 is 0 Å². The molecule has 0 spiro atoms. The molecule has 2 aromatic rings. The van der Waals surface area contributed by atoms with E-state index in [2.05, 4.69) is 63.6 Å². The van der Waals surface area contributed by atoms with Gasteiger partial charge < -0.3 is 9.80 Å². The number of hydrogen-bond donors (Lipinski definition) is 0. The first kappa shape index (κ1) is 20.1. The quantitative estimate of drug-likeness (QED) is 0.775. The van der Waals surface area contributed by atoms with Gasteiger partial charge in [0.15, 0.2) is 0 Å². The van der Waals surface area contributed by atoms with E-state index >= 15 is 0 Å². The summed E-state index contributed by atoms with van der Waals surface area (Å²) >= 11 is 0. The standard InChI is InChI=1S/C23H34N6/c1-18(2)23-25-19(3)15-22(26-23)29-10-6-7-20(17-29)16-27-11-13-28(14-12-27)21-8-4-5-9-24-21/h4-5,8-9,15,18,20H,6-7,10-14,16-17H2,1-3H3. The molecule has 2 saturated heterocycles. The monoisotopic (exact) mass is 394 g/mol. The first-order valence-electron chi connectivity index (χ1n) is 11.1. The van der Waals surface area contributed by atoms with Crippen LogP contribution in [0.5, 0.6) is 0 Å². The summed E-state index contributed by atoms with van der Waals surface area (Å²) in [5.74, 6) is 4.27. The van der Waals surface area contributed by atoms with Crippen molar-refractivity contribution < 1.29 is 0 Å². The van der Waals surface area contributed by atoms with E-state index in [1.54, 1.807) is 0 Å². The van der Waals surface area contributed by atoms with Crippen molar-refractivity contribution in [3.8, 4) is 0 Å². The molecule has 4 rings (SSSR count). The summed E-state index contributed by atoms with van der Waals surface area (Å²) in [6.45, 7) is 14.2. The highest BCUT2D eigenvalue weighted by Crippen LogP contribution is 2.25. The Morgan fingerprint density at radius 2 is 1.83 bits per heavy atom. The molecule has 2 aliphatic heterocycles. The Hall–Kier alpha value is -2.21. The highest BCUT2D eigenvalue weighted by atomic mass is 15.3. The van der Waals surface area contributed by atoms with Crippen LogP contribution in [-0.4, -0.2) is 65.7 Å². The zero-order valence-corrected chi connectivity index (χ0v) is 18.1. The molecule has 1 atom stereocenters. The summed E-state index contributed by atoms with van der Waals surface area (Å²) < 4.78 is 0. The highest BCUT2D eigenvalue weighted by molar-refractivity contribution is 5.41. The van der Waals surface area contributed by atoms with E-state index in [9.17, 15) is 0 Å². The van der Waals surface area contributed by atoms with Crippen LogP contribution in [0.2, 0.25) is 0 Å². The molecule has 0 bridgehead atoms. The van der Waals surface area contributed by atoms with Gasteiger partial charge in [0.25, 0.3) is 0 Å². The van der Waals surface area contributed by atoms with Crippen molar-refractivity contribution in [2.75, 3.05) is 55.6 Å². The van der Waals surface area contributed by atoms with Crippen molar-refractivity contribution >= 4 is 11.6 Å². The van der Waals surface area contributed by atoms with Crippen molar-refractivity contribution in [2.24, 2.45) is 5.92 Å². The van der Waals surface area contributed by atoms with Crippen molar-refractivity contribution in [2.45, 2.75) is 39.5 Å². The zero-order chi connectivity index (χ0) is 20.2. The summed E-state index contributed by atoms with van der Waals surface area (Å²) in [6, 6.07) is 8.33. The fourth-order valence-corrected chi connectivity index (χ4v) is 4.48.